The largest absolute Gasteiger partial charge is 0.325 e. The van der Waals surface area contributed by atoms with Gasteiger partial charge in [-0.25, -0.2) is 0 Å². The van der Waals surface area contributed by atoms with Gasteiger partial charge in [-0.3, -0.25) is 9.59 Å². The molecule has 0 bridgehead atoms. The van der Waals surface area contributed by atoms with Crippen molar-refractivity contribution < 1.29 is 9.59 Å². The molecule has 2 aromatic rings. The minimum atomic E-state index is -1.07. The van der Waals surface area contributed by atoms with Gasteiger partial charge in [-0.15, -0.1) is 0 Å². The fraction of sp³-hybridized carbons (Fsp3) is 0.318. The molecule has 0 atom stereocenters. The fourth-order valence-electron chi connectivity index (χ4n) is 3.19. The summed E-state index contributed by atoms with van der Waals surface area (Å²) in [6.07, 6.45) is 1.00. The first-order chi connectivity index (χ1) is 12.9. The number of nitrogens with zero attached hydrogens (tertiary/aromatic N) is 1. The zero-order chi connectivity index (χ0) is 19.6. The van der Waals surface area contributed by atoms with E-state index in [9.17, 15) is 14.9 Å². The first-order valence-electron chi connectivity index (χ1n) is 9.10. The molecule has 5 heteroatoms. The SMILES string of the molecule is Cc1cccc(C(C)C)c1NC(=O)C1(C(=O)Nc2ccccc2C#N)CC1. The molecular weight excluding hydrogens is 338 g/mol. The van der Waals surface area contributed by atoms with Crippen LogP contribution < -0.4 is 10.6 Å². The number of carbonyl (C=O) groups is 2. The number of aryl methyl sites for hydroxylation is 1. The van der Waals surface area contributed by atoms with Gasteiger partial charge in [-0.05, 0) is 48.9 Å². The zero-order valence-corrected chi connectivity index (χ0v) is 15.8. The lowest BCUT2D eigenvalue weighted by Crippen LogP contribution is -2.36. The third-order valence-electron chi connectivity index (χ3n) is 5.08. The van der Waals surface area contributed by atoms with Crippen LogP contribution in [0.1, 0.15) is 49.3 Å². The van der Waals surface area contributed by atoms with Crippen LogP contribution in [0, 0.1) is 23.7 Å². The molecule has 1 saturated carbocycles. The molecule has 0 spiro atoms. The van der Waals surface area contributed by atoms with Crippen molar-refractivity contribution in [2.24, 2.45) is 5.41 Å². The van der Waals surface area contributed by atoms with Gasteiger partial charge in [0.2, 0.25) is 11.8 Å². The summed E-state index contributed by atoms with van der Waals surface area (Å²) in [7, 11) is 0. The molecule has 0 radical (unpaired) electrons. The van der Waals surface area contributed by atoms with E-state index in [2.05, 4.69) is 30.6 Å². The summed E-state index contributed by atoms with van der Waals surface area (Å²) in [5.41, 5.74) is 2.55. The molecule has 0 unspecified atom stereocenters. The van der Waals surface area contributed by atoms with Gasteiger partial charge in [0.15, 0.2) is 0 Å². The molecular formula is C22H23N3O2. The van der Waals surface area contributed by atoms with E-state index in [1.54, 1.807) is 24.3 Å². The third-order valence-corrected chi connectivity index (χ3v) is 5.08. The van der Waals surface area contributed by atoms with Crippen LogP contribution in [0.4, 0.5) is 11.4 Å². The Morgan fingerprint density at radius 3 is 2.33 bits per heavy atom. The zero-order valence-electron chi connectivity index (χ0n) is 15.8. The Morgan fingerprint density at radius 1 is 1.04 bits per heavy atom. The van der Waals surface area contributed by atoms with E-state index in [-0.39, 0.29) is 17.7 Å². The van der Waals surface area contributed by atoms with Crippen molar-refractivity contribution in [3.05, 3.63) is 59.2 Å². The van der Waals surface area contributed by atoms with Gasteiger partial charge in [0.25, 0.3) is 0 Å². The summed E-state index contributed by atoms with van der Waals surface area (Å²) in [5, 5.41) is 14.9. The van der Waals surface area contributed by atoms with E-state index >= 15 is 0 Å². The number of carbonyl (C=O) groups excluding carboxylic acids is 2. The van der Waals surface area contributed by atoms with Gasteiger partial charge in [0.05, 0.1) is 11.3 Å². The first kappa shape index (κ1) is 18.7. The second-order valence-corrected chi connectivity index (χ2v) is 7.34. The van der Waals surface area contributed by atoms with Crippen LogP contribution in [0.5, 0.6) is 0 Å². The second kappa shape index (κ2) is 7.24. The van der Waals surface area contributed by atoms with Crippen LogP contribution in [0.2, 0.25) is 0 Å². The Balaban J connectivity index is 1.81. The lowest BCUT2D eigenvalue weighted by Gasteiger charge is -2.20. The molecule has 0 aromatic heterocycles. The van der Waals surface area contributed by atoms with E-state index in [1.807, 2.05) is 25.1 Å². The van der Waals surface area contributed by atoms with E-state index in [4.69, 9.17) is 0 Å². The van der Waals surface area contributed by atoms with E-state index < -0.39 is 5.41 Å². The highest BCUT2D eigenvalue weighted by atomic mass is 16.2. The van der Waals surface area contributed by atoms with Crippen molar-refractivity contribution in [1.29, 1.82) is 5.26 Å². The van der Waals surface area contributed by atoms with Gasteiger partial charge < -0.3 is 10.6 Å². The molecule has 27 heavy (non-hydrogen) atoms. The van der Waals surface area contributed by atoms with Gasteiger partial charge in [-0.2, -0.15) is 5.26 Å². The molecule has 2 aromatic carbocycles. The minimum Gasteiger partial charge on any atom is -0.325 e. The molecule has 0 heterocycles. The summed E-state index contributed by atoms with van der Waals surface area (Å²) in [6, 6.07) is 14.8. The van der Waals surface area contributed by atoms with Crippen LogP contribution in [0.15, 0.2) is 42.5 Å². The van der Waals surface area contributed by atoms with E-state index in [1.165, 1.54) is 0 Å². The monoisotopic (exact) mass is 361 g/mol. The molecule has 0 saturated heterocycles. The van der Waals surface area contributed by atoms with Crippen LogP contribution >= 0.6 is 0 Å². The number of amides is 2. The molecule has 1 fully saturated rings. The Morgan fingerprint density at radius 2 is 1.70 bits per heavy atom. The molecule has 1 aliphatic rings. The molecule has 0 aliphatic heterocycles. The van der Waals surface area contributed by atoms with E-state index in [0.717, 1.165) is 16.8 Å². The standard InChI is InChI=1S/C22H23N3O2/c1-14(2)17-9-6-7-15(3)19(17)25-21(27)22(11-12-22)20(26)24-18-10-5-4-8-16(18)13-23/h4-10,14H,11-12H2,1-3H3,(H,24,26)(H,25,27). The number of hydrogen-bond acceptors (Lipinski definition) is 3. The van der Waals surface area contributed by atoms with Crippen LogP contribution in [-0.4, -0.2) is 11.8 Å². The molecule has 2 amide bonds. The molecule has 138 valence electrons. The Kier molecular flexibility index (Phi) is 5.00. The first-order valence-corrected chi connectivity index (χ1v) is 9.10. The van der Waals surface area contributed by atoms with Crippen molar-refractivity contribution in [2.45, 2.75) is 39.5 Å². The molecule has 3 rings (SSSR count). The van der Waals surface area contributed by atoms with Gasteiger partial charge in [0.1, 0.15) is 11.5 Å². The van der Waals surface area contributed by atoms with Crippen LogP contribution in [-0.2, 0) is 9.59 Å². The maximum atomic E-state index is 13.0. The summed E-state index contributed by atoms with van der Waals surface area (Å²) >= 11 is 0. The lowest BCUT2D eigenvalue weighted by atomic mass is 9.97. The third kappa shape index (κ3) is 3.56. The minimum absolute atomic E-state index is 0.256. The quantitative estimate of drug-likeness (QED) is 0.777. The van der Waals surface area contributed by atoms with Crippen molar-refractivity contribution in [1.82, 2.24) is 0 Å². The smallest absolute Gasteiger partial charge is 0.240 e. The van der Waals surface area contributed by atoms with Crippen molar-refractivity contribution in [3.63, 3.8) is 0 Å². The molecule has 5 nitrogen and oxygen atoms in total. The van der Waals surface area contributed by atoms with Crippen LogP contribution in [0.25, 0.3) is 0 Å². The Hall–Kier alpha value is -3.13. The highest BCUT2D eigenvalue weighted by Crippen LogP contribution is 2.48. The molecule has 1 aliphatic carbocycles. The summed E-state index contributed by atoms with van der Waals surface area (Å²) in [4.78, 5) is 25.8. The average molecular weight is 361 g/mol. The number of benzene rings is 2. The highest BCUT2D eigenvalue weighted by Gasteiger charge is 2.56. The van der Waals surface area contributed by atoms with Crippen molar-refractivity contribution >= 4 is 23.2 Å². The van der Waals surface area contributed by atoms with Gasteiger partial charge >= 0.3 is 0 Å². The second-order valence-electron chi connectivity index (χ2n) is 7.34. The predicted octanol–water partition coefficient (Wildman–Crippen LogP) is 4.35. The number of hydrogen-bond donors (Lipinski definition) is 2. The Bertz CT molecular complexity index is 937. The van der Waals surface area contributed by atoms with Crippen molar-refractivity contribution in [3.8, 4) is 6.07 Å². The fourth-order valence-corrected chi connectivity index (χ4v) is 3.19. The van der Waals surface area contributed by atoms with Gasteiger partial charge in [0, 0.05) is 5.69 Å². The highest BCUT2D eigenvalue weighted by molar-refractivity contribution is 6.17. The number of nitriles is 1. The maximum Gasteiger partial charge on any atom is 0.240 e. The van der Waals surface area contributed by atoms with E-state index in [0.29, 0.717) is 24.1 Å². The summed E-state index contributed by atoms with van der Waals surface area (Å²) in [6.45, 7) is 6.09. The summed E-state index contributed by atoms with van der Waals surface area (Å²) < 4.78 is 0. The van der Waals surface area contributed by atoms with Crippen LogP contribution in [0.3, 0.4) is 0 Å². The number of rotatable bonds is 5. The van der Waals surface area contributed by atoms with Crippen molar-refractivity contribution in [2.75, 3.05) is 10.6 Å². The predicted molar refractivity (Wildman–Crippen MR) is 105 cm³/mol. The average Bonchev–Trinajstić information content (AvgIpc) is 3.45. The molecule has 2 N–H and O–H groups in total. The summed E-state index contributed by atoms with van der Waals surface area (Å²) in [5.74, 6) is -0.389. The number of nitrogens with one attached hydrogen (secondary N) is 2. The topological polar surface area (TPSA) is 82.0 Å². The van der Waals surface area contributed by atoms with Gasteiger partial charge in [-0.1, -0.05) is 44.2 Å². The Labute approximate surface area is 159 Å². The maximum absolute atomic E-state index is 13.0. The lowest BCUT2D eigenvalue weighted by molar-refractivity contribution is -0.131. The normalized spacial score (nSPS) is 14.3. The number of anilines is 2. The number of para-hydroxylation sites is 2.